The zero-order valence-corrected chi connectivity index (χ0v) is 22.2. The number of rotatable bonds is 6. The molecule has 0 aromatic heterocycles. The third-order valence-electron chi connectivity index (χ3n) is 8.67. The van der Waals surface area contributed by atoms with Crippen molar-refractivity contribution in [2.75, 3.05) is 4.90 Å². The van der Waals surface area contributed by atoms with Gasteiger partial charge in [-0.2, -0.15) is 5.10 Å². The van der Waals surface area contributed by atoms with Crippen LogP contribution in [0, 0.1) is 22.0 Å². The van der Waals surface area contributed by atoms with Crippen LogP contribution in [0.1, 0.15) is 33.7 Å². The molecule has 1 heterocycles. The summed E-state index contributed by atoms with van der Waals surface area (Å²) in [5.41, 5.74) is 6.09. The number of imide groups is 1. The van der Waals surface area contributed by atoms with E-state index in [4.69, 9.17) is 0 Å². The monoisotopic (exact) mass is 556 g/mol. The Balaban J connectivity index is 1.35. The van der Waals surface area contributed by atoms with Gasteiger partial charge in [0.1, 0.15) is 0 Å². The summed E-state index contributed by atoms with van der Waals surface area (Å²) in [6.07, 6.45) is 1.75. The quantitative estimate of drug-likeness (QED) is 0.162. The molecule has 1 saturated heterocycles. The van der Waals surface area contributed by atoms with Crippen LogP contribution in [-0.4, -0.2) is 28.9 Å². The van der Waals surface area contributed by atoms with Gasteiger partial charge in [-0.25, -0.2) is 10.3 Å². The van der Waals surface area contributed by atoms with Crippen molar-refractivity contribution in [3.05, 3.63) is 141 Å². The maximum atomic E-state index is 14.3. The van der Waals surface area contributed by atoms with Gasteiger partial charge in [-0.1, -0.05) is 78.9 Å². The Morgan fingerprint density at radius 3 is 2.07 bits per heavy atom. The lowest BCUT2D eigenvalue weighted by atomic mass is 9.47. The van der Waals surface area contributed by atoms with Crippen molar-refractivity contribution in [1.82, 2.24) is 5.43 Å². The molecule has 206 valence electrons. The molecule has 9 heteroatoms. The van der Waals surface area contributed by atoms with Crippen LogP contribution in [0.3, 0.4) is 0 Å². The van der Waals surface area contributed by atoms with E-state index in [0.717, 1.165) is 32.7 Å². The van der Waals surface area contributed by atoms with Gasteiger partial charge in [0.15, 0.2) is 0 Å². The minimum absolute atomic E-state index is 0.134. The summed E-state index contributed by atoms with van der Waals surface area (Å²) in [7, 11) is 0. The van der Waals surface area contributed by atoms with Gasteiger partial charge in [-0.05, 0) is 39.9 Å². The number of nitro groups is 1. The van der Waals surface area contributed by atoms with Gasteiger partial charge < -0.3 is 0 Å². The Morgan fingerprint density at radius 1 is 0.857 bits per heavy atom. The Kier molecular flexibility index (Phi) is 5.83. The van der Waals surface area contributed by atoms with Crippen molar-refractivity contribution in [2.45, 2.75) is 17.8 Å². The number of carbonyl (C=O) groups excluding carboxylic acids is 3. The van der Waals surface area contributed by atoms with Crippen LogP contribution in [0.5, 0.6) is 0 Å². The van der Waals surface area contributed by atoms with E-state index in [1.807, 2.05) is 78.9 Å². The first-order chi connectivity index (χ1) is 20.4. The molecular formula is C33H24N4O5. The standard InChI is InChI=1S/C33H24N4O5/c38-27(18-20-8-2-1-3-9-20)35-34-19-33-25-12-6-4-10-23(25)28(24-11-5-7-13-26(24)33)29-30(33)32(40)36(31(29)39)21-14-16-22(17-15-21)37(41)42/h1-17,19,28-30H,18H2,(H,35,38)/b34-19-/t28?,29-,30-,33?/m0/s1. The number of carbonyl (C=O) groups is 3. The lowest BCUT2D eigenvalue weighted by Gasteiger charge is -2.52. The molecule has 4 aromatic carbocycles. The normalized spacial score (nSPS) is 23.4. The number of amides is 3. The van der Waals surface area contributed by atoms with Crippen LogP contribution in [0.4, 0.5) is 11.4 Å². The second-order valence-electron chi connectivity index (χ2n) is 10.8. The highest BCUT2D eigenvalue weighted by Crippen LogP contribution is 2.63. The van der Waals surface area contributed by atoms with Crippen molar-refractivity contribution in [1.29, 1.82) is 0 Å². The summed E-state index contributed by atoms with van der Waals surface area (Å²) >= 11 is 0. The molecule has 42 heavy (non-hydrogen) atoms. The summed E-state index contributed by atoms with van der Waals surface area (Å²) in [5.74, 6) is -2.98. The van der Waals surface area contributed by atoms with Gasteiger partial charge in [0.05, 0.1) is 34.3 Å². The van der Waals surface area contributed by atoms with Gasteiger partial charge in [-0.3, -0.25) is 24.5 Å². The van der Waals surface area contributed by atoms with Crippen molar-refractivity contribution in [3.8, 4) is 0 Å². The Hall–Kier alpha value is -5.44. The van der Waals surface area contributed by atoms with Crippen molar-refractivity contribution in [2.24, 2.45) is 16.9 Å². The third-order valence-corrected chi connectivity index (χ3v) is 8.67. The van der Waals surface area contributed by atoms with Gasteiger partial charge in [-0.15, -0.1) is 0 Å². The van der Waals surface area contributed by atoms with E-state index < -0.39 is 28.1 Å². The van der Waals surface area contributed by atoms with Gasteiger partial charge in [0, 0.05) is 24.3 Å². The molecule has 0 saturated carbocycles. The highest BCUT2D eigenvalue weighted by Gasteiger charge is 2.68. The van der Waals surface area contributed by atoms with Crippen LogP contribution in [0.2, 0.25) is 0 Å². The molecule has 2 atom stereocenters. The summed E-state index contributed by atoms with van der Waals surface area (Å²) in [4.78, 5) is 53.2. The molecule has 0 radical (unpaired) electrons. The van der Waals surface area contributed by atoms with E-state index in [1.54, 1.807) is 6.21 Å². The van der Waals surface area contributed by atoms with Crippen LogP contribution in [-0.2, 0) is 26.2 Å². The minimum atomic E-state index is -1.13. The van der Waals surface area contributed by atoms with Crippen LogP contribution in [0.25, 0.3) is 0 Å². The maximum absolute atomic E-state index is 14.3. The minimum Gasteiger partial charge on any atom is -0.274 e. The maximum Gasteiger partial charge on any atom is 0.269 e. The smallest absolute Gasteiger partial charge is 0.269 e. The van der Waals surface area contributed by atoms with Crippen molar-refractivity contribution in [3.63, 3.8) is 0 Å². The third kappa shape index (κ3) is 3.63. The Labute approximate surface area is 240 Å². The second-order valence-corrected chi connectivity index (χ2v) is 10.8. The number of benzene rings is 4. The molecule has 1 aliphatic heterocycles. The number of anilines is 1. The van der Waals surface area contributed by atoms with Gasteiger partial charge in [0.2, 0.25) is 17.7 Å². The molecule has 1 N–H and O–H groups in total. The van der Waals surface area contributed by atoms with E-state index in [-0.39, 0.29) is 35.5 Å². The van der Waals surface area contributed by atoms with Gasteiger partial charge >= 0.3 is 0 Å². The molecular weight excluding hydrogens is 532 g/mol. The first kappa shape index (κ1) is 25.5. The zero-order chi connectivity index (χ0) is 29.0. The van der Waals surface area contributed by atoms with E-state index in [9.17, 15) is 24.5 Å². The molecule has 1 fully saturated rings. The van der Waals surface area contributed by atoms with Crippen LogP contribution < -0.4 is 10.3 Å². The molecule has 4 aromatic rings. The summed E-state index contributed by atoms with van der Waals surface area (Å²) < 4.78 is 0. The number of hydrazone groups is 1. The number of nitrogens with zero attached hydrogens (tertiary/aromatic N) is 3. The lowest BCUT2D eigenvalue weighted by molar-refractivity contribution is -0.384. The number of nitro benzene ring substituents is 1. The fourth-order valence-electron chi connectivity index (χ4n) is 7.05. The topological polar surface area (TPSA) is 122 Å². The van der Waals surface area contributed by atoms with E-state index in [2.05, 4.69) is 10.5 Å². The molecule has 9 nitrogen and oxygen atoms in total. The zero-order valence-electron chi connectivity index (χ0n) is 22.2. The average Bonchev–Trinajstić information content (AvgIpc) is 3.28. The van der Waals surface area contributed by atoms with Crippen molar-refractivity contribution >= 4 is 35.3 Å². The molecule has 2 bridgehead atoms. The highest BCUT2D eigenvalue weighted by atomic mass is 16.6. The molecule has 0 spiro atoms. The molecule has 4 aliphatic rings. The van der Waals surface area contributed by atoms with E-state index in [0.29, 0.717) is 0 Å². The number of hydrogen-bond donors (Lipinski definition) is 1. The van der Waals surface area contributed by atoms with Crippen molar-refractivity contribution < 1.29 is 19.3 Å². The van der Waals surface area contributed by atoms with E-state index in [1.165, 1.54) is 24.3 Å². The number of hydrogen-bond acceptors (Lipinski definition) is 6. The Bertz CT molecular complexity index is 1750. The average molecular weight is 557 g/mol. The first-order valence-electron chi connectivity index (χ1n) is 13.6. The predicted octanol–water partition coefficient (Wildman–Crippen LogP) is 4.49. The molecule has 3 aliphatic carbocycles. The second kappa shape index (κ2) is 9.59. The largest absolute Gasteiger partial charge is 0.274 e. The number of non-ortho nitro benzene ring substituents is 1. The first-order valence-corrected chi connectivity index (χ1v) is 13.6. The SMILES string of the molecule is O=C(Cc1ccccc1)N/N=C\C12c3ccccc3C(c3ccccc31)[C@@H]1C(=O)N(c3ccc([N+](=O)[O-])cc3)C(=O)[C@H]12. The summed E-state index contributed by atoms with van der Waals surface area (Å²) in [6.45, 7) is 0. The fraction of sp³-hybridized carbons (Fsp3) is 0.152. The number of nitrogens with one attached hydrogen (secondary N) is 1. The lowest BCUT2D eigenvalue weighted by Crippen LogP contribution is -2.54. The van der Waals surface area contributed by atoms with Crippen LogP contribution >= 0.6 is 0 Å². The Morgan fingerprint density at radius 2 is 1.45 bits per heavy atom. The predicted molar refractivity (Wildman–Crippen MR) is 155 cm³/mol. The molecule has 0 unspecified atom stereocenters. The van der Waals surface area contributed by atoms with E-state index >= 15 is 0 Å². The summed E-state index contributed by atoms with van der Waals surface area (Å²) in [5, 5.41) is 15.6. The highest BCUT2D eigenvalue weighted by molar-refractivity contribution is 6.25. The molecule has 3 amide bonds. The summed E-state index contributed by atoms with van der Waals surface area (Å²) in [6, 6.07) is 30.3. The fourth-order valence-corrected chi connectivity index (χ4v) is 7.05. The van der Waals surface area contributed by atoms with Gasteiger partial charge in [0.25, 0.3) is 5.69 Å². The van der Waals surface area contributed by atoms with Crippen LogP contribution in [0.15, 0.2) is 108 Å². The molecule has 8 rings (SSSR count).